The summed E-state index contributed by atoms with van der Waals surface area (Å²) in [6.45, 7) is 0.824. The number of halogens is 1. The van der Waals surface area contributed by atoms with Gasteiger partial charge in [-0.05, 0) is 29.8 Å². The molecule has 140 valence electrons. The second-order valence-electron chi connectivity index (χ2n) is 6.76. The summed E-state index contributed by atoms with van der Waals surface area (Å²) in [5, 5.41) is 0. The van der Waals surface area contributed by atoms with E-state index in [0.717, 1.165) is 32.5 Å². The van der Waals surface area contributed by atoms with E-state index in [9.17, 15) is 4.79 Å². The van der Waals surface area contributed by atoms with Gasteiger partial charge in [0.15, 0.2) is 0 Å². The van der Waals surface area contributed by atoms with Gasteiger partial charge in [0.25, 0.3) is 0 Å². The lowest BCUT2D eigenvalue weighted by molar-refractivity contribution is -0.130. The standard InChI is InChI=1S/C23H20BrN3O/c1-26(15-17-8-3-2-4-9-17)22(28)16-27-21-13-6-5-12-20(21)25-23(27)18-10-7-11-19(24)14-18/h2-14H,15-16H2,1H3. The van der Waals surface area contributed by atoms with Crippen LogP contribution < -0.4 is 0 Å². The second kappa shape index (κ2) is 7.98. The summed E-state index contributed by atoms with van der Waals surface area (Å²) in [6, 6.07) is 25.9. The van der Waals surface area contributed by atoms with Gasteiger partial charge in [-0.3, -0.25) is 4.79 Å². The molecule has 0 N–H and O–H groups in total. The van der Waals surface area contributed by atoms with Crippen LogP contribution in [0.2, 0.25) is 0 Å². The molecule has 0 fully saturated rings. The third-order valence-corrected chi connectivity index (χ3v) is 5.21. The molecule has 4 aromatic rings. The Balaban J connectivity index is 1.67. The van der Waals surface area contributed by atoms with E-state index < -0.39 is 0 Å². The van der Waals surface area contributed by atoms with E-state index in [1.807, 2.05) is 90.5 Å². The molecule has 0 aliphatic heterocycles. The lowest BCUT2D eigenvalue weighted by Gasteiger charge is -2.19. The number of para-hydroxylation sites is 2. The fraction of sp³-hybridized carbons (Fsp3) is 0.130. The maximum atomic E-state index is 13.0. The van der Waals surface area contributed by atoms with Crippen molar-refractivity contribution in [1.29, 1.82) is 0 Å². The van der Waals surface area contributed by atoms with Crippen LogP contribution in [0.5, 0.6) is 0 Å². The van der Waals surface area contributed by atoms with Crippen LogP contribution >= 0.6 is 15.9 Å². The smallest absolute Gasteiger partial charge is 0.242 e. The number of imidazole rings is 1. The van der Waals surface area contributed by atoms with Gasteiger partial charge >= 0.3 is 0 Å². The van der Waals surface area contributed by atoms with Gasteiger partial charge < -0.3 is 9.47 Å². The average molecular weight is 434 g/mol. The first-order chi connectivity index (χ1) is 13.6. The minimum Gasteiger partial charge on any atom is -0.340 e. The van der Waals surface area contributed by atoms with Crippen LogP contribution in [0.4, 0.5) is 0 Å². The lowest BCUT2D eigenvalue weighted by Crippen LogP contribution is -2.30. The third-order valence-electron chi connectivity index (χ3n) is 4.72. The van der Waals surface area contributed by atoms with Gasteiger partial charge in [-0.15, -0.1) is 0 Å². The normalized spacial score (nSPS) is 10.9. The predicted octanol–water partition coefficient (Wildman–Crippen LogP) is 5.12. The van der Waals surface area contributed by atoms with Gasteiger partial charge in [-0.1, -0.05) is 70.5 Å². The maximum absolute atomic E-state index is 13.0. The molecule has 0 spiro atoms. The number of carbonyl (C=O) groups excluding carboxylic acids is 1. The molecular formula is C23H20BrN3O. The monoisotopic (exact) mass is 433 g/mol. The Labute approximate surface area is 172 Å². The number of hydrogen-bond acceptors (Lipinski definition) is 2. The minimum atomic E-state index is 0.0447. The van der Waals surface area contributed by atoms with Gasteiger partial charge in [0.05, 0.1) is 11.0 Å². The summed E-state index contributed by atoms with van der Waals surface area (Å²) in [5.41, 5.74) is 3.93. The number of carbonyl (C=O) groups is 1. The highest BCUT2D eigenvalue weighted by molar-refractivity contribution is 9.10. The van der Waals surface area contributed by atoms with Crippen molar-refractivity contribution >= 4 is 32.9 Å². The van der Waals surface area contributed by atoms with Crippen molar-refractivity contribution in [3.8, 4) is 11.4 Å². The Kier molecular flexibility index (Phi) is 5.26. The molecule has 28 heavy (non-hydrogen) atoms. The summed E-state index contributed by atoms with van der Waals surface area (Å²) < 4.78 is 2.98. The molecule has 0 saturated carbocycles. The van der Waals surface area contributed by atoms with Crippen molar-refractivity contribution in [3.05, 3.63) is 88.9 Å². The summed E-state index contributed by atoms with van der Waals surface area (Å²) in [5.74, 6) is 0.840. The van der Waals surface area contributed by atoms with E-state index in [1.165, 1.54) is 0 Å². The molecule has 1 heterocycles. The van der Waals surface area contributed by atoms with Crippen LogP contribution in [0.1, 0.15) is 5.56 Å². The lowest BCUT2D eigenvalue weighted by atomic mass is 10.2. The Bertz CT molecular complexity index is 1120. The van der Waals surface area contributed by atoms with Gasteiger partial charge in [-0.2, -0.15) is 0 Å². The summed E-state index contributed by atoms with van der Waals surface area (Å²) in [6.07, 6.45) is 0. The predicted molar refractivity (Wildman–Crippen MR) is 116 cm³/mol. The minimum absolute atomic E-state index is 0.0447. The van der Waals surface area contributed by atoms with E-state index in [2.05, 4.69) is 15.9 Å². The quantitative estimate of drug-likeness (QED) is 0.437. The number of nitrogens with zero attached hydrogens (tertiary/aromatic N) is 3. The van der Waals surface area contributed by atoms with Crippen LogP contribution in [0.25, 0.3) is 22.4 Å². The Hall–Kier alpha value is -2.92. The summed E-state index contributed by atoms with van der Waals surface area (Å²) in [7, 11) is 1.84. The zero-order valence-corrected chi connectivity index (χ0v) is 17.1. The first-order valence-electron chi connectivity index (χ1n) is 9.11. The van der Waals surface area contributed by atoms with Gasteiger partial charge in [0.1, 0.15) is 12.4 Å². The molecule has 0 radical (unpaired) electrons. The SMILES string of the molecule is CN(Cc1ccccc1)C(=O)Cn1c(-c2cccc(Br)c2)nc2ccccc21. The molecule has 0 aliphatic carbocycles. The van der Waals surface area contributed by atoms with Crippen LogP contribution in [-0.4, -0.2) is 27.4 Å². The van der Waals surface area contributed by atoms with Crippen LogP contribution in [0.3, 0.4) is 0 Å². The Morgan fingerprint density at radius 3 is 2.54 bits per heavy atom. The number of hydrogen-bond donors (Lipinski definition) is 0. The van der Waals surface area contributed by atoms with Crippen LogP contribution in [0, 0.1) is 0 Å². The molecule has 0 atom stereocenters. The Morgan fingerprint density at radius 2 is 1.75 bits per heavy atom. The van der Waals surface area contributed by atoms with Crippen molar-refractivity contribution in [1.82, 2.24) is 14.5 Å². The molecule has 0 aliphatic rings. The fourth-order valence-corrected chi connectivity index (χ4v) is 3.68. The third kappa shape index (κ3) is 3.85. The summed E-state index contributed by atoms with van der Waals surface area (Å²) in [4.78, 5) is 19.5. The number of aromatic nitrogens is 2. The number of rotatable bonds is 5. The van der Waals surface area contributed by atoms with Gasteiger partial charge in [-0.25, -0.2) is 4.98 Å². The highest BCUT2D eigenvalue weighted by atomic mass is 79.9. The Morgan fingerprint density at radius 1 is 1.00 bits per heavy atom. The fourth-order valence-electron chi connectivity index (χ4n) is 3.28. The number of benzene rings is 3. The molecular weight excluding hydrogens is 414 g/mol. The molecule has 5 heteroatoms. The first kappa shape index (κ1) is 18.4. The number of amides is 1. The van der Waals surface area contributed by atoms with Crippen LogP contribution in [-0.2, 0) is 17.9 Å². The molecule has 0 bridgehead atoms. The average Bonchev–Trinajstić information content (AvgIpc) is 3.07. The van der Waals surface area contributed by atoms with Crippen molar-refractivity contribution in [2.75, 3.05) is 7.05 Å². The number of likely N-dealkylation sites (N-methyl/N-ethyl adjacent to an activating group) is 1. The van der Waals surface area contributed by atoms with E-state index in [4.69, 9.17) is 4.98 Å². The van der Waals surface area contributed by atoms with Gasteiger partial charge in [0.2, 0.25) is 5.91 Å². The zero-order valence-electron chi connectivity index (χ0n) is 15.5. The van der Waals surface area contributed by atoms with E-state index in [-0.39, 0.29) is 12.5 Å². The van der Waals surface area contributed by atoms with Gasteiger partial charge in [0, 0.05) is 23.6 Å². The number of fused-ring (bicyclic) bond motifs is 1. The highest BCUT2D eigenvalue weighted by Crippen LogP contribution is 2.27. The van der Waals surface area contributed by atoms with Crippen molar-refractivity contribution in [3.63, 3.8) is 0 Å². The van der Waals surface area contributed by atoms with Crippen LogP contribution in [0.15, 0.2) is 83.3 Å². The second-order valence-corrected chi connectivity index (χ2v) is 7.67. The van der Waals surface area contributed by atoms with Crippen molar-refractivity contribution < 1.29 is 4.79 Å². The van der Waals surface area contributed by atoms with E-state index in [0.29, 0.717) is 6.54 Å². The molecule has 1 amide bonds. The van der Waals surface area contributed by atoms with E-state index in [1.54, 1.807) is 4.90 Å². The van der Waals surface area contributed by atoms with Crippen molar-refractivity contribution in [2.24, 2.45) is 0 Å². The van der Waals surface area contributed by atoms with E-state index >= 15 is 0 Å². The maximum Gasteiger partial charge on any atom is 0.242 e. The molecule has 3 aromatic carbocycles. The molecule has 0 saturated heterocycles. The highest BCUT2D eigenvalue weighted by Gasteiger charge is 2.17. The first-order valence-corrected chi connectivity index (χ1v) is 9.90. The zero-order chi connectivity index (χ0) is 19.5. The largest absolute Gasteiger partial charge is 0.340 e. The van der Waals surface area contributed by atoms with Crippen molar-refractivity contribution in [2.45, 2.75) is 13.1 Å². The molecule has 0 unspecified atom stereocenters. The summed E-state index contributed by atoms with van der Waals surface area (Å²) >= 11 is 3.53. The molecule has 1 aromatic heterocycles. The topological polar surface area (TPSA) is 38.1 Å². The molecule has 4 rings (SSSR count). The molecule has 4 nitrogen and oxygen atoms in total.